The van der Waals surface area contributed by atoms with Gasteiger partial charge in [-0.25, -0.2) is 0 Å². The van der Waals surface area contributed by atoms with E-state index in [1.165, 1.54) is 13.5 Å². The second-order valence-electron chi connectivity index (χ2n) is 6.20. The van der Waals surface area contributed by atoms with Crippen molar-refractivity contribution in [3.63, 3.8) is 0 Å². The number of rotatable bonds is 4. The minimum atomic E-state index is -4.41. The monoisotopic (exact) mass is 313 g/mol. The summed E-state index contributed by atoms with van der Waals surface area (Å²) < 4.78 is 48.8. The van der Waals surface area contributed by atoms with Crippen molar-refractivity contribution in [2.24, 2.45) is 0 Å². The van der Waals surface area contributed by atoms with Crippen LogP contribution in [0.5, 0.6) is 0 Å². The van der Waals surface area contributed by atoms with Crippen LogP contribution in [0.15, 0.2) is 28.7 Å². The summed E-state index contributed by atoms with van der Waals surface area (Å²) in [6.07, 6.45) is -4.41. The Morgan fingerprint density at radius 2 is 1.73 bits per heavy atom. The standard InChI is InChI=1S/C15H17BF3O3/c1-13(2,20)14(3,4)22-16-12-7-9-5-6-10(15(17,18)19)8-11(9)21-12/h5-8,20H,1-4H3. The zero-order valence-corrected chi connectivity index (χ0v) is 12.8. The second kappa shape index (κ2) is 5.31. The second-order valence-corrected chi connectivity index (χ2v) is 6.20. The van der Waals surface area contributed by atoms with Crippen molar-refractivity contribution in [3.8, 4) is 0 Å². The molecule has 0 saturated carbocycles. The molecule has 0 saturated heterocycles. The van der Waals surface area contributed by atoms with E-state index >= 15 is 0 Å². The Morgan fingerprint density at radius 1 is 1.09 bits per heavy atom. The maximum Gasteiger partial charge on any atom is 0.416 e. The van der Waals surface area contributed by atoms with Crippen LogP contribution in [0.1, 0.15) is 33.3 Å². The van der Waals surface area contributed by atoms with Gasteiger partial charge in [-0.1, -0.05) is 6.07 Å². The molecule has 0 amide bonds. The first-order chi connectivity index (χ1) is 9.90. The average Bonchev–Trinajstić information content (AvgIpc) is 2.75. The highest BCUT2D eigenvalue weighted by Gasteiger charge is 2.36. The third-order valence-electron chi connectivity index (χ3n) is 3.81. The molecule has 1 aromatic carbocycles. The molecule has 0 aliphatic rings. The number of hydrogen-bond donors (Lipinski definition) is 1. The van der Waals surface area contributed by atoms with Crippen molar-refractivity contribution < 1.29 is 27.3 Å². The zero-order valence-electron chi connectivity index (χ0n) is 12.8. The highest BCUT2D eigenvalue weighted by atomic mass is 19.4. The van der Waals surface area contributed by atoms with E-state index in [9.17, 15) is 18.3 Å². The quantitative estimate of drug-likeness (QED) is 0.881. The fourth-order valence-corrected chi connectivity index (χ4v) is 1.64. The van der Waals surface area contributed by atoms with Gasteiger partial charge < -0.3 is 14.2 Å². The molecular formula is C15H17BF3O3. The topological polar surface area (TPSA) is 42.6 Å². The largest absolute Gasteiger partial charge is 0.469 e. The number of alkyl halides is 3. The Labute approximate surface area is 127 Å². The van der Waals surface area contributed by atoms with Crippen molar-refractivity contribution in [1.29, 1.82) is 0 Å². The Kier molecular flexibility index (Phi) is 4.08. The third-order valence-corrected chi connectivity index (χ3v) is 3.81. The third kappa shape index (κ3) is 3.47. The number of fused-ring (bicyclic) bond motifs is 1. The summed E-state index contributed by atoms with van der Waals surface area (Å²) in [6, 6.07) is 4.88. The molecule has 3 nitrogen and oxygen atoms in total. The predicted octanol–water partition coefficient (Wildman–Crippen LogP) is 3.26. The summed E-state index contributed by atoms with van der Waals surface area (Å²) >= 11 is 0. The first kappa shape index (κ1) is 16.9. The van der Waals surface area contributed by atoms with E-state index < -0.39 is 22.9 Å². The molecule has 7 heteroatoms. The van der Waals surface area contributed by atoms with E-state index in [2.05, 4.69) is 0 Å². The molecule has 119 valence electrons. The fraction of sp³-hybridized carbons (Fsp3) is 0.467. The molecule has 2 aromatic rings. The van der Waals surface area contributed by atoms with Crippen molar-refractivity contribution in [3.05, 3.63) is 29.8 Å². The number of aliphatic hydroxyl groups is 1. The van der Waals surface area contributed by atoms with Gasteiger partial charge in [0.25, 0.3) is 0 Å². The summed E-state index contributed by atoms with van der Waals surface area (Å²) in [5.74, 6) is 0. The molecule has 0 aliphatic heterocycles. The van der Waals surface area contributed by atoms with Gasteiger partial charge in [0, 0.05) is 5.39 Å². The van der Waals surface area contributed by atoms with Gasteiger partial charge in [0.2, 0.25) is 0 Å². The van der Waals surface area contributed by atoms with Crippen LogP contribution in [-0.4, -0.2) is 23.8 Å². The molecule has 2 rings (SSSR count). The number of furan rings is 1. The van der Waals surface area contributed by atoms with Crippen molar-refractivity contribution >= 4 is 24.1 Å². The highest BCUT2D eigenvalue weighted by Crippen LogP contribution is 2.31. The lowest BCUT2D eigenvalue weighted by Crippen LogP contribution is -2.49. The molecule has 0 spiro atoms. The van der Waals surface area contributed by atoms with Crippen LogP contribution < -0.4 is 5.66 Å². The van der Waals surface area contributed by atoms with Gasteiger partial charge in [-0.2, -0.15) is 13.2 Å². The fourth-order valence-electron chi connectivity index (χ4n) is 1.64. The molecule has 1 N–H and O–H groups in total. The van der Waals surface area contributed by atoms with E-state index in [1.54, 1.807) is 33.8 Å². The van der Waals surface area contributed by atoms with Crippen molar-refractivity contribution in [2.75, 3.05) is 0 Å². The highest BCUT2D eigenvalue weighted by molar-refractivity contribution is 6.45. The normalized spacial score (nSPS) is 13.6. The van der Waals surface area contributed by atoms with Gasteiger partial charge in [0.1, 0.15) is 5.58 Å². The molecule has 0 aliphatic carbocycles. The molecule has 0 bridgehead atoms. The van der Waals surface area contributed by atoms with Gasteiger partial charge in [-0.15, -0.1) is 0 Å². The first-order valence-electron chi connectivity index (χ1n) is 6.74. The molecule has 0 fully saturated rings. The minimum absolute atomic E-state index is 0.130. The van der Waals surface area contributed by atoms with E-state index in [0.29, 0.717) is 5.39 Å². The summed E-state index contributed by atoms with van der Waals surface area (Å²) in [4.78, 5) is 0. The van der Waals surface area contributed by atoms with E-state index in [0.717, 1.165) is 12.1 Å². The lowest BCUT2D eigenvalue weighted by atomic mass is 9.85. The van der Waals surface area contributed by atoms with Crippen LogP contribution in [0.4, 0.5) is 13.2 Å². The van der Waals surface area contributed by atoms with Gasteiger partial charge >= 0.3 is 13.7 Å². The maximum atomic E-state index is 12.7. The van der Waals surface area contributed by atoms with Crippen molar-refractivity contribution in [1.82, 2.24) is 0 Å². The van der Waals surface area contributed by atoms with Crippen LogP contribution in [0.3, 0.4) is 0 Å². The lowest BCUT2D eigenvalue weighted by molar-refractivity contribution is -0.137. The summed E-state index contributed by atoms with van der Waals surface area (Å²) in [5.41, 5.74) is -2.33. The molecule has 0 atom stereocenters. The van der Waals surface area contributed by atoms with E-state index in [1.807, 2.05) is 0 Å². The van der Waals surface area contributed by atoms with Gasteiger partial charge in [-0.05, 0) is 45.9 Å². The molecular weight excluding hydrogens is 296 g/mol. The number of benzene rings is 1. The predicted molar refractivity (Wildman–Crippen MR) is 78.1 cm³/mol. The first-order valence-corrected chi connectivity index (χ1v) is 6.74. The van der Waals surface area contributed by atoms with E-state index in [4.69, 9.17) is 9.07 Å². The van der Waals surface area contributed by atoms with Crippen LogP contribution in [-0.2, 0) is 10.8 Å². The van der Waals surface area contributed by atoms with Crippen LogP contribution in [0.2, 0.25) is 0 Å². The van der Waals surface area contributed by atoms with Crippen LogP contribution in [0.25, 0.3) is 11.0 Å². The van der Waals surface area contributed by atoms with Crippen molar-refractivity contribution in [2.45, 2.75) is 45.1 Å². The molecule has 1 heterocycles. The number of halogens is 3. The summed E-state index contributed by atoms with van der Waals surface area (Å²) in [5, 5.41) is 10.5. The molecule has 1 aromatic heterocycles. The average molecular weight is 313 g/mol. The Hall–Kier alpha value is -1.47. The Balaban J connectivity index is 2.20. The van der Waals surface area contributed by atoms with Gasteiger partial charge in [0.15, 0.2) is 0 Å². The van der Waals surface area contributed by atoms with Crippen LogP contribution in [0, 0.1) is 0 Å². The lowest BCUT2D eigenvalue weighted by Gasteiger charge is -2.37. The Morgan fingerprint density at radius 3 is 2.27 bits per heavy atom. The summed E-state index contributed by atoms with van der Waals surface area (Å²) in [7, 11) is 1.30. The zero-order chi connectivity index (χ0) is 16.8. The van der Waals surface area contributed by atoms with Gasteiger partial charge in [-0.3, -0.25) is 0 Å². The Bertz CT molecular complexity index is 669. The molecule has 22 heavy (non-hydrogen) atoms. The van der Waals surface area contributed by atoms with Gasteiger partial charge in [0.05, 0.1) is 22.4 Å². The molecule has 1 radical (unpaired) electrons. The number of hydrogen-bond acceptors (Lipinski definition) is 3. The van der Waals surface area contributed by atoms with E-state index in [-0.39, 0.29) is 11.2 Å². The smallest absolute Gasteiger partial charge is 0.416 e. The summed E-state index contributed by atoms with van der Waals surface area (Å²) in [6.45, 7) is 6.62. The van der Waals surface area contributed by atoms with Crippen LogP contribution >= 0.6 is 0 Å². The maximum absolute atomic E-state index is 12.7. The minimum Gasteiger partial charge on any atom is -0.469 e. The SMILES string of the molecule is CC(C)(O)C(C)(C)O[B]c1cc2ccc(C(F)(F)F)cc2o1. The molecule has 0 unspecified atom stereocenters.